The van der Waals surface area contributed by atoms with Crippen molar-refractivity contribution in [1.29, 1.82) is 0 Å². The number of pyridine rings is 1. The zero-order chi connectivity index (χ0) is 11.5. The topological polar surface area (TPSA) is 56.7 Å². The highest BCUT2D eigenvalue weighted by atomic mass is 15.3. The number of hydrogen-bond acceptors (Lipinski definition) is 3. The molecular formula is C12H16N4. The second-order valence-corrected chi connectivity index (χ2v) is 3.80. The van der Waals surface area contributed by atoms with Crippen LogP contribution in [0.4, 0.5) is 5.82 Å². The lowest BCUT2D eigenvalue weighted by atomic mass is 10.1. The van der Waals surface area contributed by atoms with Gasteiger partial charge in [-0.1, -0.05) is 19.4 Å². The van der Waals surface area contributed by atoms with Crippen LogP contribution >= 0.6 is 0 Å². The first kappa shape index (κ1) is 10.7. The molecule has 2 heterocycles. The molecule has 16 heavy (non-hydrogen) atoms. The van der Waals surface area contributed by atoms with Crippen molar-refractivity contribution in [3.05, 3.63) is 30.1 Å². The molecule has 0 aliphatic rings. The molecule has 2 aromatic heterocycles. The van der Waals surface area contributed by atoms with Gasteiger partial charge in [-0.2, -0.15) is 5.10 Å². The van der Waals surface area contributed by atoms with Crippen molar-refractivity contribution in [2.75, 3.05) is 5.73 Å². The van der Waals surface area contributed by atoms with E-state index < -0.39 is 0 Å². The van der Waals surface area contributed by atoms with E-state index in [9.17, 15) is 0 Å². The van der Waals surface area contributed by atoms with Crippen LogP contribution in [0.1, 0.15) is 19.0 Å². The van der Waals surface area contributed by atoms with E-state index in [1.807, 2.05) is 25.2 Å². The molecule has 0 aromatic carbocycles. The lowest BCUT2D eigenvalue weighted by Gasteiger charge is -2.01. The Morgan fingerprint density at radius 1 is 1.38 bits per heavy atom. The number of rotatable bonds is 3. The number of aryl methyl sites for hydroxylation is 2. The number of nitrogens with two attached hydrogens (primary N) is 1. The van der Waals surface area contributed by atoms with Gasteiger partial charge in [-0.25, -0.2) is 0 Å². The van der Waals surface area contributed by atoms with Crippen LogP contribution in [-0.4, -0.2) is 14.8 Å². The van der Waals surface area contributed by atoms with E-state index in [0.717, 1.165) is 29.8 Å². The highest BCUT2D eigenvalue weighted by Crippen LogP contribution is 2.28. The molecule has 0 aliphatic carbocycles. The van der Waals surface area contributed by atoms with Crippen LogP contribution in [0.3, 0.4) is 0 Å². The Bertz CT molecular complexity index is 473. The third-order valence-electron chi connectivity index (χ3n) is 2.57. The standard InChI is InChI=1S/C12H16N4/c1-3-6-10-11(12(13)16(2)15-10)9-7-4-5-8-14-9/h4-5,7-8H,3,6,13H2,1-2H3. The third-order valence-corrected chi connectivity index (χ3v) is 2.57. The van der Waals surface area contributed by atoms with E-state index >= 15 is 0 Å². The Labute approximate surface area is 95.1 Å². The minimum absolute atomic E-state index is 0.683. The summed E-state index contributed by atoms with van der Waals surface area (Å²) in [5.41, 5.74) is 8.93. The lowest BCUT2D eigenvalue weighted by molar-refractivity contribution is 0.741. The first-order valence-electron chi connectivity index (χ1n) is 5.46. The summed E-state index contributed by atoms with van der Waals surface area (Å²) >= 11 is 0. The zero-order valence-electron chi connectivity index (χ0n) is 9.64. The van der Waals surface area contributed by atoms with Gasteiger partial charge in [-0.3, -0.25) is 9.67 Å². The molecule has 0 bridgehead atoms. The van der Waals surface area contributed by atoms with Gasteiger partial charge in [0.15, 0.2) is 0 Å². The van der Waals surface area contributed by atoms with Gasteiger partial charge in [-0.05, 0) is 18.6 Å². The minimum atomic E-state index is 0.683. The summed E-state index contributed by atoms with van der Waals surface area (Å²) in [7, 11) is 1.86. The van der Waals surface area contributed by atoms with E-state index in [-0.39, 0.29) is 0 Å². The zero-order valence-corrected chi connectivity index (χ0v) is 9.64. The fraction of sp³-hybridized carbons (Fsp3) is 0.333. The van der Waals surface area contributed by atoms with Crippen LogP contribution in [0.2, 0.25) is 0 Å². The smallest absolute Gasteiger partial charge is 0.131 e. The van der Waals surface area contributed by atoms with Crippen LogP contribution in [-0.2, 0) is 13.5 Å². The van der Waals surface area contributed by atoms with E-state index in [4.69, 9.17) is 5.73 Å². The summed E-state index contributed by atoms with van der Waals surface area (Å²) in [6.07, 6.45) is 3.75. The predicted molar refractivity (Wildman–Crippen MR) is 64.8 cm³/mol. The Hall–Kier alpha value is -1.84. The Kier molecular flexibility index (Phi) is 2.90. The predicted octanol–water partition coefficient (Wildman–Crippen LogP) is 2.02. The molecule has 0 saturated carbocycles. The Balaban J connectivity index is 2.54. The summed E-state index contributed by atoms with van der Waals surface area (Å²) in [5, 5.41) is 4.43. The molecule has 2 aromatic rings. The molecule has 0 radical (unpaired) electrons. The first-order valence-corrected chi connectivity index (χ1v) is 5.46. The molecule has 2 rings (SSSR count). The normalized spacial score (nSPS) is 10.6. The quantitative estimate of drug-likeness (QED) is 0.854. The van der Waals surface area contributed by atoms with Crippen molar-refractivity contribution in [1.82, 2.24) is 14.8 Å². The maximum Gasteiger partial charge on any atom is 0.131 e. The number of nitrogens with zero attached hydrogens (tertiary/aromatic N) is 3. The third kappa shape index (κ3) is 1.78. The van der Waals surface area contributed by atoms with Crippen molar-refractivity contribution in [3.8, 4) is 11.3 Å². The van der Waals surface area contributed by atoms with Gasteiger partial charge in [0.2, 0.25) is 0 Å². The molecular weight excluding hydrogens is 200 g/mol. The van der Waals surface area contributed by atoms with E-state index in [1.54, 1.807) is 10.9 Å². The fourth-order valence-corrected chi connectivity index (χ4v) is 1.80. The molecule has 0 aliphatic heterocycles. The second kappa shape index (κ2) is 4.35. The van der Waals surface area contributed by atoms with Gasteiger partial charge in [0, 0.05) is 13.2 Å². The summed E-state index contributed by atoms with van der Waals surface area (Å²) in [6.45, 7) is 2.13. The summed E-state index contributed by atoms with van der Waals surface area (Å²) < 4.78 is 1.72. The van der Waals surface area contributed by atoms with Crippen molar-refractivity contribution in [2.45, 2.75) is 19.8 Å². The first-order chi connectivity index (χ1) is 7.74. The van der Waals surface area contributed by atoms with Crippen LogP contribution in [0, 0.1) is 0 Å². The average Bonchev–Trinajstić information content (AvgIpc) is 2.57. The molecule has 2 N–H and O–H groups in total. The van der Waals surface area contributed by atoms with Crippen LogP contribution in [0.25, 0.3) is 11.3 Å². The number of nitrogen functional groups attached to an aromatic ring is 1. The highest BCUT2D eigenvalue weighted by Gasteiger charge is 2.15. The van der Waals surface area contributed by atoms with Crippen molar-refractivity contribution in [3.63, 3.8) is 0 Å². The van der Waals surface area contributed by atoms with Gasteiger partial charge in [0.1, 0.15) is 5.82 Å². The van der Waals surface area contributed by atoms with Crippen molar-refractivity contribution in [2.24, 2.45) is 7.05 Å². The van der Waals surface area contributed by atoms with Gasteiger partial charge in [-0.15, -0.1) is 0 Å². The molecule has 0 spiro atoms. The maximum absolute atomic E-state index is 6.03. The van der Waals surface area contributed by atoms with Crippen molar-refractivity contribution >= 4 is 5.82 Å². The van der Waals surface area contributed by atoms with Crippen LogP contribution in [0.15, 0.2) is 24.4 Å². The number of hydrogen-bond donors (Lipinski definition) is 1. The number of anilines is 1. The van der Waals surface area contributed by atoms with E-state index in [0.29, 0.717) is 5.82 Å². The molecule has 84 valence electrons. The number of aromatic nitrogens is 3. The van der Waals surface area contributed by atoms with E-state index in [2.05, 4.69) is 17.0 Å². The van der Waals surface area contributed by atoms with Gasteiger partial charge < -0.3 is 5.73 Å². The molecule has 0 unspecified atom stereocenters. The largest absolute Gasteiger partial charge is 0.383 e. The van der Waals surface area contributed by atoms with Gasteiger partial charge >= 0.3 is 0 Å². The Morgan fingerprint density at radius 2 is 2.19 bits per heavy atom. The fourth-order valence-electron chi connectivity index (χ4n) is 1.80. The molecule has 0 atom stereocenters. The molecule has 0 fully saturated rings. The summed E-state index contributed by atoms with van der Waals surface area (Å²) in [4.78, 5) is 4.33. The van der Waals surface area contributed by atoms with Crippen molar-refractivity contribution < 1.29 is 0 Å². The lowest BCUT2D eigenvalue weighted by Crippen LogP contribution is -1.98. The molecule has 0 amide bonds. The summed E-state index contributed by atoms with van der Waals surface area (Å²) in [6, 6.07) is 5.83. The molecule has 4 heteroatoms. The summed E-state index contributed by atoms with van der Waals surface area (Å²) in [5.74, 6) is 0.683. The SMILES string of the molecule is CCCc1nn(C)c(N)c1-c1ccccn1. The second-order valence-electron chi connectivity index (χ2n) is 3.80. The van der Waals surface area contributed by atoms with Crippen LogP contribution < -0.4 is 5.73 Å². The van der Waals surface area contributed by atoms with Gasteiger partial charge in [0.25, 0.3) is 0 Å². The molecule has 4 nitrogen and oxygen atoms in total. The minimum Gasteiger partial charge on any atom is -0.383 e. The average molecular weight is 216 g/mol. The van der Waals surface area contributed by atoms with Crippen LogP contribution in [0.5, 0.6) is 0 Å². The van der Waals surface area contributed by atoms with Gasteiger partial charge in [0.05, 0.1) is 17.0 Å². The van der Waals surface area contributed by atoms with E-state index in [1.165, 1.54) is 0 Å². The monoisotopic (exact) mass is 216 g/mol. The molecule has 0 saturated heterocycles. The highest BCUT2D eigenvalue weighted by molar-refractivity contribution is 5.73. The maximum atomic E-state index is 6.03. The Morgan fingerprint density at radius 3 is 2.81 bits per heavy atom.